The van der Waals surface area contributed by atoms with E-state index in [4.69, 9.17) is 20.1 Å². The van der Waals surface area contributed by atoms with Crippen LogP contribution in [0.4, 0.5) is 0 Å². The standard InChI is InChI=1S/C17H38B2O4/c20-18(21)16-14-12-10-8-6-4-2-1-3-5-7-9-11-13-15-17-19(22)23/h20-23H,1-17H2. The number of rotatable bonds is 18. The molecule has 0 saturated heterocycles. The van der Waals surface area contributed by atoms with E-state index in [1.54, 1.807) is 0 Å². The Morgan fingerprint density at radius 1 is 0.304 bits per heavy atom. The lowest BCUT2D eigenvalue weighted by atomic mass is 9.83. The van der Waals surface area contributed by atoms with Crippen molar-refractivity contribution in [2.75, 3.05) is 0 Å². The normalized spacial score (nSPS) is 11.0. The van der Waals surface area contributed by atoms with Crippen molar-refractivity contribution < 1.29 is 20.1 Å². The van der Waals surface area contributed by atoms with Gasteiger partial charge >= 0.3 is 14.2 Å². The second-order valence-corrected chi connectivity index (χ2v) is 6.84. The van der Waals surface area contributed by atoms with Gasteiger partial charge in [0.2, 0.25) is 0 Å². The molecular weight excluding hydrogens is 290 g/mol. The summed E-state index contributed by atoms with van der Waals surface area (Å²) in [4.78, 5) is 0. The molecule has 0 fully saturated rings. The molecule has 4 nitrogen and oxygen atoms in total. The average Bonchev–Trinajstić information content (AvgIpc) is 2.49. The molecule has 6 heteroatoms. The lowest BCUT2D eigenvalue weighted by molar-refractivity contribution is 0.400. The van der Waals surface area contributed by atoms with E-state index in [1.807, 2.05) is 0 Å². The summed E-state index contributed by atoms with van der Waals surface area (Å²) in [7, 11) is -2.24. The zero-order valence-corrected chi connectivity index (χ0v) is 15.0. The Bertz CT molecular complexity index is 207. The van der Waals surface area contributed by atoms with E-state index in [0.29, 0.717) is 12.6 Å². The Hall–Kier alpha value is -0.0301. The average molecular weight is 328 g/mol. The molecule has 0 rings (SSSR count). The van der Waals surface area contributed by atoms with Gasteiger partial charge < -0.3 is 20.1 Å². The van der Waals surface area contributed by atoms with Crippen molar-refractivity contribution in [3.8, 4) is 0 Å². The Morgan fingerprint density at radius 2 is 0.478 bits per heavy atom. The smallest absolute Gasteiger partial charge is 0.427 e. The zero-order chi connectivity index (χ0) is 17.2. The Kier molecular flexibility index (Phi) is 18.3. The van der Waals surface area contributed by atoms with Crippen LogP contribution >= 0.6 is 0 Å². The molecule has 0 aliphatic rings. The van der Waals surface area contributed by atoms with Crippen molar-refractivity contribution in [1.29, 1.82) is 0 Å². The summed E-state index contributed by atoms with van der Waals surface area (Å²) in [5, 5.41) is 34.9. The molecule has 0 aromatic rings. The van der Waals surface area contributed by atoms with E-state index in [-0.39, 0.29) is 0 Å². The van der Waals surface area contributed by atoms with Crippen LogP contribution in [-0.2, 0) is 0 Å². The summed E-state index contributed by atoms with van der Waals surface area (Å²) in [5.74, 6) is 0. The first kappa shape index (κ1) is 23.0. The highest BCUT2D eigenvalue weighted by atomic mass is 16.4. The maximum atomic E-state index is 8.72. The molecule has 0 amide bonds. The van der Waals surface area contributed by atoms with Crippen LogP contribution in [0.3, 0.4) is 0 Å². The van der Waals surface area contributed by atoms with Crippen LogP contribution in [0.1, 0.15) is 96.3 Å². The van der Waals surface area contributed by atoms with Gasteiger partial charge in [-0.3, -0.25) is 0 Å². The van der Waals surface area contributed by atoms with E-state index in [9.17, 15) is 0 Å². The number of hydrogen-bond donors (Lipinski definition) is 4. The largest absolute Gasteiger partial charge is 0.451 e. The van der Waals surface area contributed by atoms with Crippen LogP contribution in [0.2, 0.25) is 12.6 Å². The second kappa shape index (κ2) is 18.3. The first-order chi connectivity index (χ1) is 11.1. The summed E-state index contributed by atoms with van der Waals surface area (Å²) in [6.07, 6.45) is 19.5. The van der Waals surface area contributed by atoms with Crippen molar-refractivity contribution >= 4 is 14.2 Å². The van der Waals surface area contributed by atoms with Gasteiger partial charge in [0.15, 0.2) is 0 Å². The Morgan fingerprint density at radius 3 is 0.652 bits per heavy atom. The van der Waals surface area contributed by atoms with Crippen LogP contribution in [0, 0.1) is 0 Å². The summed E-state index contributed by atoms with van der Waals surface area (Å²) in [6, 6.07) is 0. The van der Waals surface area contributed by atoms with Crippen molar-refractivity contribution in [1.82, 2.24) is 0 Å². The zero-order valence-electron chi connectivity index (χ0n) is 15.0. The topological polar surface area (TPSA) is 80.9 Å². The molecule has 0 unspecified atom stereocenters. The molecule has 0 bridgehead atoms. The van der Waals surface area contributed by atoms with Crippen molar-refractivity contribution in [2.45, 2.75) is 109 Å². The molecule has 23 heavy (non-hydrogen) atoms. The van der Waals surface area contributed by atoms with Gasteiger partial charge in [0.05, 0.1) is 0 Å². The van der Waals surface area contributed by atoms with E-state index < -0.39 is 14.2 Å². The molecule has 4 N–H and O–H groups in total. The first-order valence-electron chi connectivity index (χ1n) is 9.85. The quantitative estimate of drug-likeness (QED) is 0.228. The summed E-state index contributed by atoms with van der Waals surface area (Å²) in [6.45, 7) is 0. The minimum absolute atomic E-state index is 0.517. The molecule has 0 aromatic heterocycles. The van der Waals surface area contributed by atoms with E-state index in [2.05, 4.69) is 0 Å². The van der Waals surface area contributed by atoms with Crippen LogP contribution < -0.4 is 0 Å². The molecule has 0 aromatic carbocycles. The second-order valence-electron chi connectivity index (χ2n) is 6.84. The fourth-order valence-corrected chi connectivity index (χ4v) is 2.95. The van der Waals surface area contributed by atoms with Crippen molar-refractivity contribution in [2.24, 2.45) is 0 Å². The van der Waals surface area contributed by atoms with Crippen molar-refractivity contribution in [3.63, 3.8) is 0 Å². The molecule has 0 aliphatic heterocycles. The molecule has 0 heterocycles. The third-order valence-electron chi connectivity index (χ3n) is 4.42. The SMILES string of the molecule is OB(O)CCCCCCCCCCCCCCCCCB(O)O. The highest BCUT2D eigenvalue weighted by Crippen LogP contribution is 2.14. The van der Waals surface area contributed by atoms with Crippen LogP contribution in [0.5, 0.6) is 0 Å². The van der Waals surface area contributed by atoms with Gasteiger partial charge in [-0.2, -0.15) is 0 Å². The van der Waals surface area contributed by atoms with Gasteiger partial charge in [0.25, 0.3) is 0 Å². The first-order valence-corrected chi connectivity index (χ1v) is 9.85. The van der Waals surface area contributed by atoms with Crippen LogP contribution in [0.15, 0.2) is 0 Å². The summed E-state index contributed by atoms with van der Waals surface area (Å²) >= 11 is 0. The highest BCUT2D eigenvalue weighted by molar-refractivity contribution is 6.41. The predicted octanol–water partition coefficient (Wildman–Crippen LogP) is 3.78. The van der Waals surface area contributed by atoms with E-state index in [1.165, 1.54) is 70.6 Å². The molecule has 0 radical (unpaired) electrons. The molecule has 136 valence electrons. The summed E-state index contributed by atoms with van der Waals surface area (Å²) < 4.78 is 0. The van der Waals surface area contributed by atoms with E-state index in [0.717, 1.165) is 25.7 Å². The van der Waals surface area contributed by atoms with Crippen LogP contribution in [-0.4, -0.2) is 34.3 Å². The molecule has 0 aliphatic carbocycles. The van der Waals surface area contributed by atoms with Gasteiger partial charge in [0, 0.05) is 0 Å². The molecule has 0 saturated carbocycles. The highest BCUT2D eigenvalue weighted by Gasteiger charge is 2.05. The molecule has 0 atom stereocenters. The van der Waals surface area contributed by atoms with Gasteiger partial charge in [-0.1, -0.05) is 96.3 Å². The Balaban J connectivity index is 2.97. The van der Waals surface area contributed by atoms with E-state index >= 15 is 0 Å². The molecule has 0 spiro atoms. The Labute approximate surface area is 144 Å². The fraction of sp³-hybridized carbons (Fsp3) is 1.00. The minimum atomic E-state index is -1.12. The van der Waals surface area contributed by atoms with Crippen LogP contribution in [0.25, 0.3) is 0 Å². The lowest BCUT2D eigenvalue weighted by Crippen LogP contribution is -2.09. The lowest BCUT2D eigenvalue weighted by Gasteiger charge is -2.04. The van der Waals surface area contributed by atoms with Gasteiger partial charge in [-0.25, -0.2) is 0 Å². The maximum absolute atomic E-state index is 8.72. The molecular formula is C17H38B2O4. The monoisotopic (exact) mass is 328 g/mol. The minimum Gasteiger partial charge on any atom is -0.427 e. The van der Waals surface area contributed by atoms with Gasteiger partial charge in [0.1, 0.15) is 0 Å². The van der Waals surface area contributed by atoms with Gasteiger partial charge in [-0.15, -0.1) is 0 Å². The number of hydrogen-bond acceptors (Lipinski definition) is 4. The predicted molar refractivity (Wildman–Crippen MR) is 99.3 cm³/mol. The third-order valence-corrected chi connectivity index (χ3v) is 4.42. The van der Waals surface area contributed by atoms with Crippen molar-refractivity contribution in [3.05, 3.63) is 0 Å². The third kappa shape index (κ3) is 22.0. The summed E-state index contributed by atoms with van der Waals surface area (Å²) in [5.41, 5.74) is 0. The fourth-order valence-electron chi connectivity index (χ4n) is 2.95. The van der Waals surface area contributed by atoms with Gasteiger partial charge in [-0.05, 0) is 12.6 Å². The number of unbranched alkanes of at least 4 members (excludes halogenated alkanes) is 14. The maximum Gasteiger partial charge on any atom is 0.451 e.